The minimum atomic E-state index is -0.158. The SMILES string of the molecule is C=C(O)c1ccc(-c2cccc3c2/C(=C/c2[nH]ccc2OC)C(=O)N3)cc1. The number of amides is 1. The van der Waals surface area contributed by atoms with E-state index in [1.165, 1.54) is 0 Å². The number of aliphatic hydroxyl groups is 1. The van der Waals surface area contributed by atoms with Crippen molar-refractivity contribution in [3.05, 3.63) is 78.1 Å². The second-order valence-electron chi connectivity index (χ2n) is 6.22. The first kappa shape index (κ1) is 16.7. The van der Waals surface area contributed by atoms with Gasteiger partial charge < -0.3 is 20.1 Å². The van der Waals surface area contributed by atoms with E-state index in [4.69, 9.17) is 4.74 Å². The molecule has 4 rings (SSSR count). The molecule has 0 bridgehead atoms. The summed E-state index contributed by atoms with van der Waals surface area (Å²) in [6.45, 7) is 3.54. The number of aromatic nitrogens is 1. The molecule has 1 aliphatic rings. The minimum absolute atomic E-state index is 0.0242. The molecular formula is C22H18N2O3. The Labute approximate surface area is 156 Å². The van der Waals surface area contributed by atoms with Crippen molar-refractivity contribution < 1.29 is 14.6 Å². The lowest BCUT2D eigenvalue weighted by atomic mass is 9.93. The predicted octanol–water partition coefficient (Wildman–Crippen LogP) is 4.71. The molecule has 1 amide bonds. The van der Waals surface area contributed by atoms with Crippen LogP contribution in [0.2, 0.25) is 0 Å². The summed E-state index contributed by atoms with van der Waals surface area (Å²) in [6, 6.07) is 15.0. The Hall–Kier alpha value is -3.73. The first-order chi connectivity index (χ1) is 13.1. The van der Waals surface area contributed by atoms with Crippen LogP contribution in [-0.2, 0) is 4.79 Å². The Morgan fingerprint density at radius 3 is 2.63 bits per heavy atom. The molecule has 0 aliphatic carbocycles. The molecule has 0 unspecified atom stereocenters. The molecule has 0 saturated carbocycles. The zero-order chi connectivity index (χ0) is 19.0. The molecule has 0 spiro atoms. The highest BCUT2D eigenvalue weighted by Gasteiger charge is 2.27. The summed E-state index contributed by atoms with van der Waals surface area (Å²) in [4.78, 5) is 15.7. The Balaban J connectivity index is 1.85. The van der Waals surface area contributed by atoms with Gasteiger partial charge in [-0.1, -0.05) is 43.0 Å². The Bertz CT molecular complexity index is 1080. The third-order valence-corrected chi connectivity index (χ3v) is 4.60. The highest BCUT2D eigenvalue weighted by Crippen LogP contribution is 2.41. The maximum absolute atomic E-state index is 12.6. The minimum Gasteiger partial charge on any atom is -0.508 e. The number of hydrogen-bond acceptors (Lipinski definition) is 3. The van der Waals surface area contributed by atoms with Crippen molar-refractivity contribution in [2.45, 2.75) is 0 Å². The number of H-pyrrole nitrogens is 1. The van der Waals surface area contributed by atoms with Crippen molar-refractivity contribution in [3.63, 3.8) is 0 Å². The number of nitrogens with one attached hydrogen (secondary N) is 2. The quantitative estimate of drug-likeness (QED) is 0.467. The lowest BCUT2D eigenvalue weighted by molar-refractivity contribution is -0.110. The van der Waals surface area contributed by atoms with Crippen LogP contribution in [0.3, 0.4) is 0 Å². The van der Waals surface area contributed by atoms with Gasteiger partial charge in [-0.15, -0.1) is 0 Å². The van der Waals surface area contributed by atoms with E-state index in [-0.39, 0.29) is 11.7 Å². The normalized spacial score (nSPS) is 14.1. The van der Waals surface area contributed by atoms with Gasteiger partial charge in [0.25, 0.3) is 5.91 Å². The Morgan fingerprint density at radius 2 is 1.93 bits per heavy atom. The first-order valence-electron chi connectivity index (χ1n) is 8.45. The van der Waals surface area contributed by atoms with Gasteiger partial charge in [-0.3, -0.25) is 4.79 Å². The lowest BCUT2D eigenvalue weighted by Gasteiger charge is -2.10. The van der Waals surface area contributed by atoms with Crippen LogP contribution in [0.15, 0.2) is 61.3 Å². The summed E-state index contributed by atoms with van der Waals surface area (Å²) in [5.74, 6) is 0.539. The van der Waals surface area contributed by atoms with E-state index in [9.17, 15) is 9.90 Å². The fourth-order valence-electron chi connectivity index (χ4n) is 3.27. The fraction of sp³-hybridized carbons (Fsp3) is 0.0455. The van der Waals surface area contributed by atoms with E-state index in [1.54, 1.807) is 31.5 Å². The standard InChI is InChI=1S/C22H18N2O3/c1-13(25)14-6-8-15(9-7-14)16-4-3-5-18-21(16)17(22(26)24-18)12-19-20(27-2)10-11-23-19/h3-12,23,25H,1H2,2H3,(H,24,26)/b17-12-. The Kier molecular flexibility index (Phi) is 4.05. The average molecular weight is 358 g/mol. The molecule has 1 aliphatic heterocycles. The molecule has 0 atom stereocenters. The number of benzene rings is 2. The molecule has 1 aromatic heterocycles. The molecule has 2 heterocycles. The van der Waals surface area contributed by atoms with E-state index < -0.39 is 0 Å². The topological polar surface area (TPSA) is 74.3 Å². The molecule has 27 heavy (non-hydrogen) atoms. The number of ether oxygens (including phenoxy) is 1. The maximum atomic E-state index is 12.6. The van der Waals surface area contributed by atoms with Crippen molar-refractivity contribution >= 4 is 29.0 Å². The van der Waals surface area contributed by atoms with Gasteiger partial charge >= 0.3 is 0 Å². The monoisotopic (exact) mass is 358 g/mol. The zero-order valence-electron chi connectivity index (χ0n) is 14.7. The number of rotatable bonds is 4. The van der Waals surface area contributed by atoms with E-state index >= 15 is 0 Å². The molecular weight excluding hydrogens is 340 g/mol. The zero-order valence-corrected chi connectivity index (χ0v) is 14.7. The van der Waals surface area contributed by atoms with Gasteiger partial charge in [0.15, 0.2) is 0 Å². The predicted molar refractivity (Wildman–Crippen MR) is 107 cm³/mol. The van der Waals surface area contributed by atoms with Crippen LogP contribution in [0.1, 0.15) is 16.8 Å². The molecule has 0 saturated heterocycles. The third-order valence-electron chi connectivity index (χ3n) is 4.60. The smallest absolute Gasteiger partial charge is 0.256 e. The van der Waals surface area contributed by atoms with E-state index in [0.717, 1.165) is 28.1 Å². The first-order valence-corrected chi connectivity index (χ1v) is 8.45. The summed E-state index contributed by atoms with van der Waals surface area (Å²) < 4.78 is 5.33. The summed E-state index contributed by atoms with van der Waals surface area (Å²) in [7, 11) is 1.59. The van der Waals surface area contributed by atoms with Crippen molar-refractivity contribution in [3.8, 4) is 16.9 Å². The summed E-state index contributed by atoms with van der Waals surface area (Å²) in [5.41, 5.74) is 5.44. The second kappa shape index (κ2) is 6.53. The molecule has 2 aromatic carbocycles. The number of hydrogen-bond donors (Lipinski definition) is 3. The van der Waals surface area contributed by atoms with Crippen LogP contribution in [-0.4, -0.2) is 23.1 Å². The van der Waals surface area contributed by atoms with Crippen molar-refractivity contribution in [2.75, 3.05) is 12.4 Å². The van der Waals surface area contributed by atoms with Gasteiger partial charge in [0.1, 0.15) is 11.5 Å². The molecule has 3 N–H and O–H groups in total. The van der Waals surface area contributed by atoms with E-state index in [2.05, 4.69) is 16.9 Å². The van der Waals surface area contributed by atoms with Crippen molar-refractivity contribution in [1.29, 1.82) is 0 Å². The van der Waals surface area contributed by atoms with Gasteiger partial charge in [0.2, 0.25) is 0 Å². The Morgan fingerprint density at radius 1 is 1.15 bits per heavy atom. The molecule has 0 fully saturated rings. The summed E-state index contributed by atoms with van der Waals surface area (Å²) >= 11 is 0. The van der Waals surface area contributed by atoms with Gasteiger partial charge in [0, 0.05) is 23.0 Å². The van der Waals surface area contributed by atoms with E-state index in [1.807, 2.05) is 36.4 Å². The van der Waals surface area contributed by atoms with Gasteiger partial charge in [-0.2, -0.15) is 0 Å². The van der Waals surface area contributed by atoms with Crippen LogP contribution in [0.5, 0.6) is 5.75 Å². The van der Waals surface area contributed by atoms with Crippen LogP contribution in [0.25, 0.3) is 28.5 Å². The van der Waals surface area contributed by atoms with Crippen LogP contribution >= 0.6 is 0 Å². The number of methoxy groups -OCH3 is 1. The van der Waals surface area contributed by atoms with Gasteiger partial charge in [-0.25, -0.2) is 0 Å². The maximum Gasteiger partial charge on any atom is 0.256 e. The number of anilines is 1. The lowest BCUT2D eigenvalue weighted by Crippen LogP contribution is -2.03. The highest BCUT2D eigenvalue weighted by atomic mass is 16.5. The fourth-order valence-corrected chi connectivity index (χ4v) is 3.27. The number of aliphatic hydroxyl groups excluding tert-OH is 1. The summed E-state index contributed by atoms with van der Waals surface area (Å²) in [6.07, 6.45) is 3.57. The number of aromatic amines is 1. The molecule has 3 aromatic rings. The van der Waals surface area contributed by atoms with Gasteiger partial charge in [-0.05, 0) is 29.3 Å². The molecule has 134 valence electrons. The molecule has 5 nitrogen and oxygen atoms in total. The molecule has 0 radical (unpaired) electrons. The van der Waals surface area contributed by atoms with Crippen LogP contribution in [0.4, 0.5) is 5.69 Å². The average Bonchev–Trinajstić information content (AvgIpc) is 3.26. The van der Waals surface area contributed by atoms with Crippen LogP contribution < -0.4 is 10.1 Å². The van der Waals surface area contributed by atoms with Crippen molar-refractivity contribution in [2.24, 2.45) is 0 Å². The second-order valence-corrected chi connectivity index (χ2v) is 6.22. The highest BCUT2D eigenvalue weighted by molar-refractivity contribution is 6.36. The largest absolute Gasteiger partial charge is 0.508 e. The van der Waals surface area contributed by atoms with Gasteiger partial charge in [0.05, 0.1) is 18.4 Å². The number of carbonyl (C=O) groups is 1. The summed E-state index contributed by atoms with van der Waals surface area (Å²) in [5, 5.41) is 12.5. The van der Waals surface area contributed by atoms with Crippen molar-refractivity contribution in [1.82, 2.24) is 4.98 Å². The molecule has 5 heteroatoms. The third kappa shape index (κ3) is 2.89. The number of carbonyl (C=O) groups excluding carboxylic acids is 1. The number of fused-ring (bicyclic) bond motifs is 1. The van der Waals surface area contributed by atoms with E-state index in [0.29, 0.717) is 16.9 Å². The van der Waals surface area contributed by atoms with Crippen LogP contribution in [0, 0.1) is 0 Å².